The lowest BCUT2D eigenvalue weighted by atomic mass is 10.0. The van der Waals surface area contributed by atoms with Gasteiger partial charge in [0, 0.05) is 36.3 Å². The quantitative estimate of drug-likeness (QED) is 0.377. The second kappa shape index (κ2) is 11.4. The maximum atomic E-state index is 13.3. The van der Waals surface area contributed by atoms with Gasteiger partial charge in [0.15, 0.2) is 11.5 Å². The van der Waals surface area contributed by atoms with Crippen molar-refractivity contribution in [2.45, 2.75) is 44.1 Å². The molecular formula is C29H29F2N3O7. The Hall–Kier alpha value is -4.16. The van der Waals surface area contributed by atoms with Gasteiger partial charge in [0.1, 0.15) is 24.4 Å². The zero-order chi connectivity index (χ0) is 28.4. The van der Waals surface area contributed by atoms with Crippen LogP contribution in [-0.4, -0.2) is 61.2 Å². The smallest absolute Gasteiger partial charge is 0.497 e. The van der Waals surface area contributed by atoms with Crippen LogP contribution >= 0.6 is 0 Å². The van der Waals surface area contributed by atoms with Gasteiger partial charge in [0.25, 0.3) is 0 Å². The lowest BCUT2D eigenvalue weighted by molar-refractivity contribution is -0.286. The van der Waals surface area contributed by atoms with Gasteiger partial charge in [-0.2, -0.15) is 0 Å². The molecule has 10 nitrogen and oxygen atoms in total. The highest BCUT2D eigenvalue weighted by molar-refractivity contribution is 5.84. The molecule has 0 spiro atoms. The second-order valence-corrected chi connectivity index (χ2v) is 9.99. The Kier molecular flexibility index (Phi) is 7.50. The third-order valence-corrected chi connectivity index (χ3v) is 7.31. The monoisotopic (exact) mass is 569 g/mol. The first-order valence-electron chi connectivity index (χ1n) is 13.3. The molecule has 2 aromatic carbocycles. The summed E-state index contributed by atoms with van der Waals surface area (Å²) in [5, 5.41) is 4.33. The number of aromatic nitrogens is 1. The molecule has 0 bridgehead atoms. The summed E-state index contributed by atoms with van der Waals surface area (Å²) in [5.74, 6) is 0.123. The van der Waals surface area contributed by atoms with Gasteiger partial charge >= 0.3 is 18.6 Å². The van der Waals surface area contributed by atoms with Crippen molar-refractivity contribution in [3.05, 3.63) is 72.3 Å². The zero-order valence-electron chi connectivity index (χ0n) is 22.3. The molecule has 0 amide bonds. The maximum Gasteiger partial charge on any atom is 0.586 e. The number of benzene rings is 2. The van der Waals surface area contributed by atoms with Crippen molar-refractivity contribution >= 4 is 16.9 Å². The van der Waals surface area contributed by atoms with Gasteiger partial charge in [-0.25, -0.2) is 4.79 Å². The number of alkyl halides is 2. The number of nitrogens with zero attached hydrogens (tertiary/aromatic N) is 2. The fourth-order valence-corrected chi connectivity index (χ4v) is 5.22. The second-order valence-electron chi connectivity index (χ2n) is 9.99. The topological polar surface area (TPSA) is 101 Å². The summed E-state index contributed by atoms with van der Waals surface area (Å²) in [7, 11) is 1.60. The van der Waals surface area contributed by atoms with Gasteiger partial charge in [-0.05, 0) is 67.9 Å². The average Bonchev–Trinajstić information content (AvgIpc) is 3.62. The highest BCUT2D eigenvalue weighted by Gasteiger charge is 2.43. The van der Waals surface area contributed by atoms with E-state index < -0.39 is 24.7 Å². The number of carbonyl (C=O) groups excluding carboxylic acids is 1. The van der Waals surface area contributed by atoms with Crippen LogP contribution in [0.15, 0.2) is 61.2 Å². The summed E-state index contributed by atoms with van der Waals surface area (Å²) in [6, 6.07) is 12.5. The Labute approximate surface area is 234 Å². The molecule has 1 N–H and O–H groups in total. The molecule has 3 aromatic rings. The lowest BCUT2D eigenvalue weighted by Gasteiger charge is -2.35. The van der Waals surface area contributed by atoms with Crippen LogP contribution in [0.2, 0.25) is 0 Å². The predicted molar refractivity (Wildman–Crippen MR) is 141 cm³/mol. The molecule has 1 aromatic heterocycles. The first kappa shape index (κ1) is 27.0. The van der Waals surface area contributed by atoms with Crippen molar-refractivity contribution in [1.82, 2.24) is 15.2 Å². The minimum atomic E-state index is -3.63. The van der Waals surface area contributed by atoms with Crippen LogP contribution in [0.1, 0.15) is 30.1 Å². The first-order valence-corrected chi connectivity index (χ1v) is 13.3. The predicted octanol–water partition coefficient (Wildman–Crippen LogP) is 4.25. The van der Waals surface area contributed by atoms with Gasteiger partial charge in [0.2, 0.25) is 0 Å². The molecule has 0 unspecified atom stereocenters. The van der Waals surface area contributed by atoms with E-state index in [-0.39, 0.29) is 17.5 Å². The van der Waals surface area contributed by atoms with Gasteiger partial charge < -0.3 is 33.7 Å². The van der Waals surface area contributed by atoms with Crippen LogP contribution in [0, 0.1) is 0 Å². The van der Waals surface area contributed by atoms with E-state index in [4.69, 9.17) is 18.9 Å². The number of pyridine rings is 1. The number of nitrogens with one attached hydrogen (secondary N) is 1. The fraction of sp³-hybridized carbons (Fsp3) is 0.379. The average molecular weight is 570 g/mol. The third-order valence-electron chi connectivity index (χ3n) is 7.31. The molecular weight excluding hydrogens is 540 g/mol. The highest BCUT2D eigenvalue weighted by Crippen LogP contribution is 2.41. The third kappa shape index (κ3) is 6.13. The van der Waals surface area contributed by atoms with Gasteiger partial charge in [-0.1, -0.05) is 6.07 Å². The van der Waals surface area contributed by atoms with Crippen molar-refractivity contribution in [1.29, 1.82) is 0 Å². The summed E-state index contributed by atoms with van der Waals surface area (Å²) >= 11 is 0. The summed E-state index contributed by atoms with van der Waals surface area (Å²) in [6.07, 6.45) is 0.647. The first-order chi connectivity index (χ1) is 19.9. The minimum Gasteiger partial charge on any atom is -0.497 e. The lowest BCUT2D eigenvalue weighted by Crippen LogP contribution is -2.44. The van der Waals surface area contributed by atoms with E-state index in [1.807, 2.05) is 24.3 Å². The van der Waals surface area contributed by atoms with E-state index in [9.17, 15) is 13.6 Å². The van der Waals surface area contributed by atoms with Crippen LogP contribution < -0.4 is 19.5 Å². The molecule has 6 rings (SSSR count). The molecule has 0 saturated carbocycles. The van der Waals surface area contributed by atoms with Gasteiger partial charge in [-0.15, -0.1) is 8.78 Å². The number of piperidine rings is 1. The molecule has 4 heterocycles. The van der Waals surface area contributed by atoms with E-state index in [1.54, 1.807) is 25.4 Å². The van der Waals surface area contributed by atoms with Crippen molar-refractivity contribution in [2.75, 3.05) is 26.7 Å². The maximum absolute atomic E-state index is 13.3. The Morgan fingerprint density at radius 3 is 2.66 bits per heavy atom. The summed E-state index contributed by atoms with van der Waals surface area (Å²) in [4.78, 5) is 19.6. The van der Waals surface area contributed by atoms with Crippen LogP contribution in [0.3, 0.4) is 0 Å². The zero-order valence-corrected chi connectivity index (χ0v) is 22.3. The van der Waals surface area contributed by atoms with Crippen molar-refractivity contribution in [2.24, 2.45) is 0 Å². The normalized spacial score (nSPS) is 19.1. The molecule has 216 valence electrons. The standard InChI is InChI=1S/C29H29F2N3O7/c1-36-20-3-4-23-22(15-20)21(6-9-32-23)26(39-27(35)28-37-12-13-38-28)17-34-10-7-19(8-11-34)33-16-18-2-5-24-25(14-18)41-29(30,31)40-24/h2-6,9,12-15,19,26,28,33H,7-8,10-11,16-17H2,1H3/t26-/m0/s1. The van der Waals surface area contributed by atoms with Crippen molar-refractivity contribution < 1.29 is 42.0 Å². The number of fused-ring (bicyclic) bond motifs is 2. The number of halogens is 2. The molecule has 0 radical (unpaired) electrons. The largest absolute Gasteiger partial charge is 0.586 e. The summed E-state index contributed by atoms with van der Waals surface area (Å²) in [6.45, 7) is 2.51. The van der Waals surface area contributed by atoms with E-state index in [0.29, 0.717) is 18.8 Å². The van der Waals surface area contributed by atoms with E-state index in [0.717, 1.165) is 48.0 Å². The fourth-order valence-electron chi connectivity index (χ4n) is 5.22. The number of methoxy groups -OCH3 is 1. The molecule has 1 saturated heterocycles. The number of ether oxygens (including phenoxy) is 6. The van der Waals surface area contributed by atoms with E-state index in [2.05, 4.69) is 24.7 Å². The SMILES string of the molecule is COc1ccc2nccc([C@H](CN3CCC(NCc4ccc5c(c4)OC(F)(F)O5)CC3)OC(=O)C3OC=CO3)c2c1. The number of likely N-dealkylation sites (tertiary alicyclic amines) is 1. The number of carbonyl (C=O) groups is 1. The molecule has 12 heteroatoms. The van der Waals surface area contributed by atoms with Crippen LogP contribution in [0.25, 0.3) is 10.9 Å². The van der Waals surface area contributed by atoms with E-state index in [1.165, 1.54) is 18.6 Å². The molecule has 41 heavy (non-hydrogen) atoms. The molecule has 0 aliphatic carbocycles. The number of hydrogen-bond donors (Lipinski definition) is 1. The molecule has 3 aliphatic rings. The Morgan fingerprint density at radius 2 is 1.88 bits per heavy atom. The van der Waals surface area contributed by atoms with Crippen LogP contribution in [0.4, 0.5) is 8.78 Å². The summed E-state index contributed by atoms with van der Waals surface area (Å²) in [5.41, 5.74) is 2.39. The van der Waals surface area contributed by atoms with Gasteiger partial charge in [-0.3, -0.25) is 9.88 Å². The number of rotatable bonds is 9. The molecule has 1 fully saturated rings. The molecule has 1 atom stereocenters. The molecule has 3 aliphatic heterocycles. The minimum absolute atomic E-state index is 0.0325. The van der Waals surface area contributed by atoms with E-state index >= 15 is 0 Å². The van der Waals surface area contributed by atoms with Gasteiger partial charge in [0.05, 0.1) is 12.6 Å². The highest BCUT2D eigenvalue weighted by atomic mass is 19.3. The van der Waals surface area contributed by atoms with Crippen molar-refractivity contribution in [3.63, 3.8) is 0 Å². The Balaban J connectivity index is 1.10. The Bertz CT molecular complexity index is 1440. The number of esters is 1. The number of hydrogen-bond acceptors (Lipinski definition) is 10. The Morgan fingerprint density at radius 1 is 1.10 bits per heavy atom. The van der Waals surface area contributed by atoms with Crippen LogP contribution in [0.5, 0.6) is 17.2 Å². The summed E-state index contributed by atoms with van der Waals surface area (Å²) < 4.78 is 57.4. The van der Waals surface area contributed by atoms with Crippen LogP contribution in [-0.2, 0) is 25.5 Å². The van der Waals surface area contributed by atoms with Crippen molar-refractivity contribution in [3.8, 4) is 17.2 Å².